The van der Waals surface area contributed by atoms with Gasteiger partial charge in [-0.25, -0.2) is 4.98 Å². The van der Waals surface area contributed by atoms with Gasteiger partial charge >= 0.3 is 0 Å². The molecule has 1 aromatic heterocycles. The second-order valence-electron chi connectivity index (χ2n) is 3.89. The van der Waals surface area contributed by atoms with Crippen LogP contribution in [-0.2, 0) is 11.3 Å². The average molecular weight is 245 g/mol. The molecular weight excluding hydrogens is 232 g/mol. The lowest BCUT2D eigenvalue weighted by Crippen LogP contribution is -2.39. The molecule has 0 aliphatic carbocycles. The van der Waals surface area contributed by atoms with Crippen molar-refractivity contribution < 1.29 is 4.79 Å². The van der Waals surface area contributed by atoms with E-state index in [1.54, 1.807) is 0 Å². The fourth-order valence-corrected chi connectivity index (χ4v) is 2.61. The smallest absolute Gasteiger partial charge is 0.225 e. The van der Waals surface area contributed by atoms with Crippen LogP contribution in [0.2, 0.25) is 4.47 Å². The quantitative estimate of drug-likeness (QED) is 0.801. The van der Waals surface area contributed by atoms with Crippen LogP contribution >= 0.6 is 22.9 Å². The van der Waals surface area contributed by atoms with Crippen molar-refractivity contribution in [1.29, 1.82) is 0 Å². The number of amides is 1. The van der Waals surface area contributed by atoms with Gasteiger partial charge in [-0.05, 0) is 12.8 Å². The molecule has 5 heteroatoms. The standard InChI is InChI=1S/C10H13ClN2OS/c1-7-3-2-4-13(9(7)14)5-8-6-15-10(11)12-8/h6-7H,2-5H2,1H3. The van der Waals surface area contributed by atoms with Crippen LogP contribution < -0.4 is 0 Å². The molecule has 0 radical (unpaired) electrons. The molecule has 1 amide bonds. The third kappa shape index (κ3) is 2.49. The lowest BCUT2D eigenvalue weighted by atomic mass is 9.99. The Morgan fingerprint density at radius 1 is 1.73 bits per heavy atom. The highest BCUT2D eigenvalue weighted by atomic mass is 35.5. The van der Waals surface area contributed by atoms with Gasteiger partial charge in [0, 0.05) is 17.8 Å². The summed E-state index contributed by atoms with van der Waals surface area (Å²) in [5.74, 6) is 0.401. The first-order valence-corrected chi connectivity index (χ1v) is 6.31. The van der Waals surface area contributed by atoms with Gasteiger partial charge in [0.05, 0.1) is 12.2 Å². The number of rotatable bonds is 2. The molecule has 0 spiro atoms. The Hall–Kier alpha value is -0.610. The summed E-state index contributed by atoms with van der Waals surface area (Å²) in [5.41, 5.74) is 0.896. The van der Waals surface area contributed by atoms with E-state index in [0.717, 1.165) is 25.1 Å². The number of nitrogens with zero attached hydrogens (tertiary/aromatic N) is 2. The van der Waals surface area contributed by atoms with Crippen molar-refractivity contribution >= 4 is 28.8 Å². The first-order valence-electron chi connectivity index (χ1n) is 5.05. The summed E-state index contributed by atoms with van der Waals surface area (Å²) in [4.78, 5) is 17.8. The average Bonchev–Trinajstić information content (AvgIpc) is 2.59. The molecule has 1 aliphatic rings. The maximum Gasteiger partial charge on any atom is 0.225 e. The normalized spacial score (nSPS) is 22.1. The molecule has 0 saturated carbocycles. The topological polar surface area (TPSA) is 33.2 Å². The summed E-state index contributed by atoms with van der Waals surface area (Å²) in [7, 11) is 0. The van der Waals surface area contributed by atoms with Crippen molar-refractivity contribution in [3.8, 4) is 0 Å². The lowest BCUT2D eigenvalue weighted by Gasteiger charge is -2.29. The van der Waals surface area contributed by atoms with Crippen LogP contribution in [0.5, 0.6) is 0 Å². The number of hydrogen-bond acceptors (Lipinski definition) is 3. The minimum absolute atomic E-state index is 0.160. The summed E-state index contributed by atoms with van der Waals surface area (Å²) >= 11 is 7.16. The van der Waals surface area contributed by atoms with Gasteiger partial charge < -0.3 is 4.90 Å². The number of hydrogen-bond donors (Lipinski definition) is 0. The van der Waals surface area contributed by atoms with Crippen LogP contribution in [0.3, 0.4) is 0 Å². The minimum Gasteiger partial charge on any atom is -0.337 e. The zero-order valence-electron chi connectivity index (χ0n) is 8.57. The van der Waals surface area contributed by atoms with E-state index in [1.807, 2.05) is 17.2 Å². The maximum absolute atomic E-state index is 11.8. The highest BCUT2D eigenvalue weighted by molar-refractivity contribution is 7.13. The molecule has 82 valence electrons. The van der Waals surface area contributed by atoms with Crippen molar-refractivity contribution in [3.05, 3.63) is 15.5 Å². The van der Waals surface area contributed by atoms with Crippen LogP contribution in [-0.4, -0.2) is 22.3 Å². The number of piperidine rings is 1. The summed E-state index contributed by atoms with van der Waals surface area (Å²) in [5, 5.41) is 1.91. The zero-order valence-corrected chi connectivity index (χ0v) is 10.1. The van der Waals surface area contributed by atoms with Crippen molar-refractivity contribution in [2.45, 2.75) is 26.3 Å². The SMILES string of the molecule is CC1CCCN(Cc2csc(Cl)n2)C1=O. The predicted octanol–water partition coefficient (Wildman–Crippen LogP) is 2.56. The highest BCUT2D eigenvalue weighted by Gasteiger charge is 2.25. The van der Waals surface area contributed by atoms with Crippen molar-refractivity contribution in [2.24, 2.45) is 5.92 Å². The van der Waals surface area contributed by atoms with Crippen LogP contribution in [0.1, 0.15) is 25.5 Å². The second-order valence-corrected chi connectivity index (χ2v) is 5.34. The van der Waals surface area contributed by atoms with E-state index in [1.165, 1.54) is 11.3 Å². The van der Waals surface area contributed by atoms with Crippen LogP contribution in [0.4, 0.5) is 0 Å². The largest absolute Gasteiger partial charge is 0.337 e. The van der Waals surface area contributed by atoms with E-state index >= 15 is 0 Å². The Kier molecular flexibility index (Phi) is 3.26. The second kappa shape index (κ2) is 4.49. The number of carbonyl (C=O) groups excluding carboxylic acids is 1. The molecule has 0 N–H and O–H groups in total. The molecule has 2 heterocycles. The molecule has 0 aromatic carbocycles. The summed E-state index contributed by atoms with van der Waals surface area (Å²) in [6.45, 7) is 3.44. The fraction of sp³-hybridized carbons (Fsp3) is 0.600. The fourth-order valence-electron chi connectivity index (χ4n) is 1.84. The van der Waals surface area contributed by atoms with E-state index in [-0.39, 0.29) is 11.8 Å². The van der Waals surface area contributed by atoms with Gasteiger partial charge in [-0.2, -0.15) is 0 Å². The molecule has 0 bridgehead atoms. The van der Waals surface area contributed by atoms with E-state index in [9.17, 15) is 4.79 Å². The van der Waals surface area contributed by atoms with Crippen LogP contribution in [0.15, 0.2) is 5.38 Å². The van der Waals surface area contributed by atoms with Crippen molar-refractivity contribution in [1.82, 2.24) is 9.88 Å². The zero-order chi connectivity index (χ0) is 10.8. The molecule has 1 unspecified atom stereocenters. The Bertz CT molecular complexity index is 366. The number of likely N-dealkylation sites (tertiary alicyclic amines) is 1. The van der Waals surface area contributed by atoms with E-state index in [0.29, 0.717) is 11.0 Å². The van der Waals surface area contributed by atoms with Gasteiger partial charge in [-0.15, -0.1) is 11.3 Å². The van der Waals surface area contributed by atoms with Gasteiger partial charge in [-0.1, -0.05) is 18.5 Å². The third-order valence-electron chi connectivity index (χ3n) is 2.67. The molecular formula is C10H13ClN2OS. The molecule has 1 aromatic rings. The van der Waals surface area contributed by atoms with Gasteiger partial charge in [0.1, 0.15) is 0 Å². The third-order valence-corrected chi connectivity index (χ3v) is 3.70. The van der Waals surface area contributed by atoms with Gasteiger partial charge in [0.2, 0.25) is 5.91 Å². The number of halogens is 1. The summed E-state index contributed by atoms with van der Waals surface area (Å²) in [6.07, 6.45) is 2.10. The van der Waals surface area contributed by atoms with Gasteiger partial charge in [0.15, 0.2) is 4.47 Å². The van der Waals surface area contributed by atoms with Crippen molar-refractivity contribution in [3.63, 3.8) is 0 Å². The molecule has 2 rings (SSSR count). The molecule has 3 nitrogen and oxygen atoms in total. The first kappa shape index (κ1) is 10.9. The minimum atomic E-state index is 0.160. The predicted molar refractivity (Wildman–Crippen MR) is 60.9 cm³/mol. The van der Waals surface area contributed by atoms with Gasteiger partial charge in [-0.3, -0.25) is 4.79 Å². The molecule has 1 saturated heterocycles. The van der Waals surface area contributed by atoms with Crippen LogP contribution in [0.25, 0.3) is 0 Å². The Morgan fingerprint density at radius 2 is 2.53 bits per heavy atom. The maximum atomic E-state index is 11.8. The highest BCUT2D eigenvalue weighted by Crippen LogP contribution is 2.21. The lowest BCUT2D eigenvalue weighted by molar-refractivity contribution is -0.138. The van der Waals surface area contributed by atoms with Gasteiger partial charge in [0.25, 0.3) is 0 Å². The number of aromatic nitrogens is 1. The number of carbonyl (C=O) groups is 1. The van der Waals surface area contributed by atoms with E-state index in [4.69, 9.17) is 11.6 Å². The Morgan fingerprint density at radius 3 is 3.20 bits per heavy atom. The summed E-state index contributed by atoms with van der Waals surface area (Å²) < 4.78 is 0.544. The molecule has 1 atom stereocenters. The first-order chi connectivity index (χ1) is 7.16. The van der Waals surface area contributed by atoms with Crippen molar-refractivity contribution in [2.75, 3.05) is 6.54 Å². The monoisotopic (exact) mass is 244 g/mol. The Balaban J connectivity index is 2.02. The molecule has 1 aliphatic heterocycles. The van der Waals surface area contributed by atoms with E-state index < -0.39 is 0 Å². The van der Waals surface area contributed by atoms with Crippen LogP contribution in [0, 0.1) is 5.92 Å². The van der Waals surface area contributed by atoms with E-state index in [2.05, 4.69) is 4.98 Å². The molecule has 15 heavy (non-hydrogen) atoms. The number of thiazole rings is 1. The summed E-state index contributed by atoms with van der Waals surface area (Å²) in [6, 6.07) is 0. The Labute approximate surface area is 98.1 Å². The molecule has 1 fully saturated rings.